The molecular formula is C45H35B6N3S. The van der Waals surface area contributed by atoms with Gasteiger partial charge in [-0.2, -0.15) is 0 Å². The summed E-state index contributed by atoms with van der Waals surface area (Å²) in [5.74, 6) is 2.02. The quantitative estimate of drug-likeness (QED) is 0.247. The standard InChI is InChI=1S/C45H35B6N3S/c46-35-31(28-14-8-3-9-15-28)41-32(36(47)39(35)50)33-37(48)40(51)38(49)34(42(33)55-41)45-53-43(29-20-16-26(17-21-29)24-10-4-1-5-11-24)52-44(54-45)30-22-18-27(19-23-30)25-12-6-2-7-13-25/h1-23H,46-51H2. The van der Waals surface area contributed by atoms with E-state index in [1.54, 1.807) is 0 Å². The Hall–Kier alpha value is -5.84. The Morgan fingerprint density at radius 3 is 1.05 bits per heavy atom. The van der Waals surface area contributed by atoms with E-state index < -0.39 is 0 Å². The summed E-state index contributed by atoms with van der Waals surface area (Å²) in [5.41, 5.74) is 18.0. The molecule has 0 aliphatic heterocycles. The van der Waals surface area contributed by atoms with Crippen molar-refractivity contribution in [3.63, 3.8) is 0 Å². The molecule has 2 heterocycles. The van der Waals surface area contributed by atoms with Crippen LogP contribution < -0.4 is 32.8 Å². The van der Waals surface area contributed by atoms with E-state index in [0.29, 0.717) is 17.5 Å². The summed E-state index contributed by atoms with van der Waals surface area (Å²) in [6, 6.07) is 49.0. The molecule has 10 heteroatoms. The van der Waals surface area contributed by atoms with E-state index in [2.05, 4.69) is 174 Å². The SMILES string of the molecule is Bc1c(B)c(B)c2c(sc3c(-c4nc(-c5ccc(-c6ccccc6)cc5)nc(-c5ccc(-c6ccccc6)cc5)n4)c(B)c(B)c(B)c32)c1-c1ccccc1. The average molecular weight is 715 g/mol. The van der Waals surface area contributed by atoms with Crippen molar-refractivity contribution in [2.45, 2.75) is 0 Å². The monoisotopic (exact) mass is 715 g/mol. The molecule has 0 aliphatic rings. The van der Waals surface area contributed by atoms with Gasteiger partial charge in [0.25, 0.3) is 0 Å². The van der Waals surface area contributed by atoms with Gasteiger partial charge in [-0.15, -0.1) is 16.8 Å². The first-order chi connectivity index (χ1) is 26.8. The highest BCUT2D eigenvalue weighted by molar-refractivity contribution is 7.27. The van der Waals surface area contributed by atoms with E-state index in [-0.39, 0.29) is 0 Å². The van der Waals surface area contributed by atoms with Crippen molar-refractivity contribution in [1.29, 1.82) is 0 Å². The maximum Gasteiger partial charge on any atom is 0.164 e. The number of rotatable bonds is 6. The van der Waals surface area contributed by atoms with Gasteiger partial charge < -0.3 is 0 Å². The minimum atomic E-state index is 0.659. The normalized spacial score (nSPS) is 11.3. The van der Waals surface area contributed by atoms with Crippen molar-refractivity contribution in [2.75, 3.05) is 0 Å². The van der Waals surface area contributed by atoms with Crippen molar-refractivity contribution >= 4 is 111 Å². The predicted octanol–water partition coefficient (Wildman–Crippen LogP) is 1.79. The molecule has 2 aromatic heterocycles. The molecule has 0 spiro atoms. The molecule has 0 N–H and O–H groups in total. The van der Waals surface area contributed by atoms with Crippen LogP contribution in [0.2, 0.25) is 0 Å². The molecular weight excluding hydrogens is 679 g/mol. The number of fused-ring (bicyclic) bond motifs is 3. The van der Waals surface area contributed by atoms with Crippen molar-refractivity contribution in [3.05, 3.63) is 140 Å². The van der Waals surface area contributed by atoms with E-state index in [1.165, 1.54) is 75.2 Å². The van der Waals surface area contributed by atoms with Crippen molar-refractivity contribution in [1.82, 2.24) is 15.0 Å². The van der Waals surface area contributed by atoms with E-state index >= 15 is 0 Å². The lowest BCUT2D eigenvalue weighted by Gasteiger charge is -2.17. The van der Waals surface area contributed by atoms with Crippen LogP contribution >= 0.6 is 11.3 Å². The van der Waals surface area contributed by atoms with E-state index in [4.69, 9.17) is 15.0 Å². The minimum absolute atomic E-state index is 0.659. The Balaban J connectivity index is 1.30. The summed E-state index contributed by atoms with van der Waals surface area (Å²) in [4.78, 5) is 15.9. The van der Waals surface area contributed by atoms with Crippen LogP contribution in [0, 0.1) is 0 Å². The van der Waals surface area contributed by atoms with Gasteiger partial charge in [-0.3, -0.25) is 0 Å². The fourth-order valence-corrected chi connectivity index (χ4v) is 9.64. The van der Waals surface area contributed by atoms with Crippen molar-refractivity contribution in [2.24, 2.45) is 0 Å². The Bertz CT molecular complexity index is 2800. The van der Waals surface area contributed by atoms with Gasteiger partial charge in [0, 0.05) is 26.1 Å². The molecule has 3 nitrogen and oxygen atoms in total. The van der Waals surface area contributed by atoms with Gasteiger partial charge in [-0.05, 0) is 44.2 Å². The van der Waals surface area contributed by atoms with Crippen LogP contribution in [0.15, 0.2) is 140 Å². The average Bonchev–Trinajstić information content (AvgIpc) is 3.63. The van der Waals surface area contributed by atoms with Gasteiger partial charge in [0.05, 0.1) is 0 Å². The van der Waals surface area contributed by atoms with Crippen LogP contribution in [0.5, 0.6) is 0 Å². The van der Waals surface area contributed by atoms with Crippen molar-refractivity contribution < 1.29 is 0 Å². The summed E-state index contributed by atoms with van der Waals surface area (Å²) >= 11 is 1.88. The maximum atomic E-state index is 5.34. The summed E-state index contributed by atoms with van der Waals surface area (Å²) < 4.78 is 2.54. The highest BCUT2D eigenvalue weighted by Gasteiger charge is 2.25. The molecule has 0 saturated heterocycles. The lowest BCUT2D eigenvalue weighted by molar-refractivity contribution is 1.08. The Morgan fingerprint density at radius 1 is 0.291 bits per heavy atom. The smallest absolute Gasteiger partial charge is 0.164 e. The fraction of sp³-hybridized carbons (Fsp3) is 0. The first kappa shape index (κ1) is 34.9. The molecule has 0 saturated carbocycles. The third kappa shape index (κ3) is 6.06. The second kappa shape index (κ2) is 14.1. The molecule has 9 aromatic rings. The zero-order chi connectivity index (χ0) is 37.8. The lowest BCUT2D eigenvalue weighted by atomic mass is 9.65. The molecule has 0 bridgehead atoms. The highest BCUT2D eigenvalue weighted by atomic mass is 32.1. The van der Waals surface area contributed by atoms with Crippen LogP contribution in [-0.4, -0.2) is 62.0 Å². The van der Waals surface area contributed by atoms with E-state index in [0.717, 1.165) is 27.8 Å². The van der Waals surface area contributed by atoms with Crippen molar-refractivity contribution in [3.8, 4) is 67.5 Å². The summed E-state index contributed by atoms with van der Waals surface area (Å²) in [6.45, 7) is 0. The second-order valence-electron chi connectivity index (χ2n) is 14.6. The molecule has 7 aromatic carbocycles. The van der Waals surface area contributed by atoms with Crippen LogP contribution in [0.25, 0.3) is 87.7 Å². The molecule has 0 fully saturated rings. The second-order valence-corrected chi connectivity index (χ2v) is 15.6. The number of aromatic nitrogens is 3. The zero-order valence-electron chi connectivity index (χ0n) is 32.0. The number of hydrogen-bond acceptors (Lipinski definition) is 4. The van der Waals surface area contributed by atoms with Crippen LogP contribution in [0.3, 0.4) is 0 Å². The van der Waals surface area contributed by atoms with E-state index in [9.17, 15) is 0 Å². The van der Waals surface area contributed by atoms with Gasteiger partial charge in [0.2, 0.25) is 0 Å². The molecule has 0 radical (unpaired) electrons. The largest absolute Gasteiger partial charge is 0.208 e. The highest BCUT2D eigenvalue weighted by Crippen LogP contribution is 2.40. The minimum Gasteiger partial charge on any atom is -0.208 e. The van der Waals surface area contributed by atoms with Gasteiger partial charge in [0.15, 0.2) is 17.5 Å². The number of nitrogens with zero attached hydrogens (tertiary/aromatic N) is 3. The summed E-state index contributed by atoms with van der Waals surface area (Å²) in [5, 5.41) is 2.64. The predicted molar refractivity (Wildman–Crippen MR) is 254 cm³/mol. The molecule has 0 amide bonds. The maximum absolute atomic E-state index is 5.34. The van der Waals surface area contributed by atoms with Crippen LogP contribution in [0.1, 0.15) is 0 Å². The Kier molecular flexibility index (Phi) is 8.95. The van der Waals surface area contributed by atoms with Gasteiger partial charge in [0.1, 0.15) is 47.1 Å². The Morgan fingerprint density at radius 2 is 0.618 bits per heavy atom. The zero-order valence-corrected chi connectivity index (χ0v) is 32.8. The number of thiophene rings is 1. The third-order valence-electron chi connectivity index (χ3n) is 11.5. The summed E-state index contributed by atoms with van der Waals surface area (Å²) in [7, 11) is 13.6. The summed E-state index contributed by atoms with van der Waals surface area (Å²) in [6.07, 6.45) is 0. The first-order valence-corrected chi connectivity index (χ1v) is 19.7. The molecule has 254 valence electrons. The number of benzene rings is 7. The van der Waals surface area contributed by atoms with Crippen LogP contribution in [0.4, 0.5) is 0 Å². The topological polar surface area (TPSA) is 38.7 Å². The molecule has 0 aliphatic carbocycles. The molecule has 55 heavy (non-hydrogen) atoms. The number of hydrogen-bond donors (Lipinski definition) is 0. The molecule has 0 atom stereocenters. The van der Waals surface area contributed by atoms with Gasteiger partial charge in [-0.1, -0.05) is 167 Å². The molecule has 9 rings (SSSR count). The van der Waals surface area contributed by atoms with E-state index in [1.807, 2.05) is 23.5 Å². The Labute approximate surface area is 331 Å². The fourth-order valence-electron chi connectivity index (χ4n) is 8.00. The van der Waals surface area contributed by atoms with Gasteiger partial charge in [-0.25, -0.2) is 15.0 Å². The lowest BCUT2D eigenvalue weighted by Crippen LogP contribution is -2.42. The van der Waals surface area contributed by atoms with Gasteiger partial charge >= 0.3 is 0 Å². The molecule has 0 unspecified atom stereocenters. The first-order valence-electron chi connectivity index (χ1n) is 18.9. The third-order valence-corrected chi connectivity index (χ3v) is 12.8. The van der Waals surface area contributed by atoms with Crippen LogP contribution in [-0.2, 0) is 0 Å².